The first kappa shape index (κ1) is 12.3. The van der Waals surface area contributed by atoms with E-state index in [0.717, 1.165) is 17.9 Å². The minimum Gasteiger partial charge on any atom is -0.383 e. The molecular weight excluding hydrogens is 242 g/mol. The van der Waals surface area contributed by atoms with Crippen LogP contribution in [-0.2, 0) is 4.74 Å². The summed E-state index contributed by atoms with van der Waals surface area (Å²) >= 11 is 1.86. The van der Waals surface area contributed by atoms with Gasteiger partial charge in [0.25, 0.3) is 11.7 Å². The van der Waals surface area contributed by atoms with Crippen molar-refractivity contribution in [2.75, 3.05) is 31.8 Å². The molecular formula is C9H15N5O2S. The molecule has 1 aliphatic heterocycles. The van der Waals surface area contributed by atoms with E-state index in [1.807, 2.05) is 11.8 Å². The van der Waals surface area contributed by atoms with E-state index in [2.05, 4.69) is 20.6 Å². The van der Waals surface area contributed by atoms with Gasteiger partial charge in [0.2, 0.25) is 0 Å². The summed E-state index contributed by atoms with van der Waals surface area (Å²) in [6.45, 7) is 1.08. The molecule has 0 aromatic carbocycles. The average Bonchev–Trinajstić information content (AvgIpc) is 3.02. The molecule has 0 radical (unpaired) electrons. The van der Waals surface area contributed by atoms with Gasteiger partial charge in [0, 0.05) is 25.4 Å². The fraction of sp³-hybridized carbons (Fsp3) is 0.778. The van der Waals surface area contributed by atoms with Gasteiger partial charge in [0.05, 0.1) is 6.61 Å². The molecule has 1 saturated heterocycles. The summed E-state index contributed by atoms with van der Waals surface area (Å²) in [4.78, 5) is 14.0. The Balaban J connectivity index is 2.06. The van der Waals surface area contributed by atoms with Gasteiger partial charge in [-0.05, 0) is 17.4 Å². The van der Waals surface area contributed by atoms with Crippen molar-refractivity contribution in [3.63, 3.8) is 0 Å². The molecule has 1 aromatic rings. The molecule has 94 valence electrons. The molecule has 0 saturated carbocycles. The lowest BCUT2D eigenvalue weighted by atomic mass is 10.2. The quantitative estimate of drug-likeness (QED) is 0.786. The van der Waals surface area contributed by atoms with Crippen LogP contribution in [0.15, 0.2) is 0 Å². The molecule has 8 heteroatoms. The summed E-state index contributed by atoms with van der Waals surface area (Å²) in [5.74, 6) is 2.00. The fourth-order valence-corrected chi connectivity index (χ4v) is 3.01. The number of nitrogens with one attached hydrogen (secondary N) is 1. The number of methoxy groups -OCH3 is 1. The topological polar surface area (TPSA) is 84.0 Å². The van der Waals surface area contributed by atoms with E-state index in [1.54, 1.807) is 12.0 Å². The van der Waals surface area contributed by atoms with E-state index in [4.69, 9.17) is 4.74 Å². The monoisotopic (exact) mass is 257 g/mol. The Labute approximate surface area is 103 Å². The van der Waals surface area contributed by atoms with Crippen molar-refractivity contribution < 1.29 is 9.53 Å². The molecule has 1 amide bonds. The van der Waals surface area contributed by atoms with E-state index < -0.39 is 0 Å². The maximum atomic E-state index is 12.2. The Hall–Kier alpha value is -1.15. The number of nitrogens with zero attached hydrogens (tertiary/aromatic N) is 4. The van der Waals surface area contributed by atoms with Gasteiger partial charge in [-0.15, -0.1) is 10.2 Å². The van der Waals surface area contributed by atoms with Gasteiger partial charge in [-0.25, -0.2) is 0 Å². The number of rotatable bonds is 5. The maximum Gasteiger partial charge on any atom is 0.295 e. The predicted molar refractivity (Wildman–Crippen MR) is 62.8 cm³/mol. The number of hydrogen-bond acceptors (Lipinski definition) is 6. The second-order valence-electron chi connectivity index (χ2n) is 3.74. The second kappa shape index (κ2) is 5.97. The van der Waals surface area contributed by atoms with Crippen molar-refractivity contribution in [2.24, 2.45) is 0 Å². The zero-order valence-electron chi connectivity index (χ0n) is 9.63. The number of ether oxygens (including phenoxy) is 1. The van der Waals surface area contributed by atoms with Crippen molar-refractivity contribution >= 4 is 17.7 Å². The highest BCUT2D eigenvalue weighted by Gasteiger charge is 2.29. The lowest BCUT2D eigenvalue weighted by Crippen LogP contribution is -2.42. The molecule has 1 aromatic heterocycles. The van der Waals surface area contributed by atoms with Crippen LogP contribution in [0.25, 0.3) is 0 Å². The highest BCUT2D eigenvalue weighted by Crippen LogP contribution is 2.23. The zero-order chi connectivity index (χ0) is 12.1. The number of thioether (sulfide) groups is 1. The van der Waals surface area contributed by atoms with Crippen molar-refractivity contribution in [3.05, 3.63) is 5.82 Å². The first-order chi connectivity index (χ1) is 8.33. The molecule has 0 spiro atoms. The maximum absolute atomic E-state index is 12.2. The summed E-state index contributed by atoms with van der Waals surface area (Å²) < 4.78 is 5.03. The van der Waals surface area contributed by atoms with Crippen LogP contribution in [0.3, 0.4) is 0 Å². The van der Waals surface area contributed by atoms with Crippen LogP contribution in [-0.4, -0.2) is 69.2 Å². The molecule has 2 rings (SSSR count). The van der Waals surface area contributed by atoms with Gasteiger partial charge >= 0.3 is 0 Å². The Morgan fingerprint density at radius 3 is 3.18 bits per heavy atom. The van der Waals surface area contributed by atoms with E-state index in [1.165, 1.54) is 0 Å². The van der Waals surface area contributed by atoms with Crippen LogP contribution in [0.2, 0.25) is 0 Å². The average molecular weight is 257 g/mol. The lowest BCUT2D eigenvalue weighted by Gasteiger charge is -2.26. The Morgan fingerprint density at radius 1 is 1.71 bits per heavy atom. The summed E-state index contributed by atoms with van der Waals surface area (Å²) in [6.07, 6.45) is 1.01. The highest BCUT2D eigenvalue weighted by molar-refractivity contribution is 7.99. The van der Waals surface area contributed by atoms with E-state index in [-0.39, 0.29) is 17.8 Å². The van der Waals surface area contributed by atoms with Gasteiger partial charge in [-0.3, -0.25) is 4.79 Å². The third-order valence-electron chi connectivity index (χ3n) is 2.68. The molecule has 17 heavy (non-hydrogen) atoms. The van der Waals surface area contributed by atoms with Crippen molar-refractivity contribution in [1.29, 1.82) is 0 Å². The van der Waals surface area contributed by atoms with Crippen LogP contribution < -0.4 is 0 Å². The van der Waals surface area contributed by atoms with Crippen LogP contribution in [0.4, 0.5) is 0 Å². The summed E-state index contributed by atoms with van der Waals surface area (Å²) in [7, 11) is 1.63. The lowest BCUT2D eigenvalue weighted by molar-refractivity contribution is 0.0612. The molecule has 1 N–H and O–H groups in total. The molecule has 1 unspecified atom stereocenters. The van der Waals surface area contributed by atoms with Crippen molar-refractivity contribution in [3.8, 4) is 0 Å². The second-order valence-corrected chi connectivity index (χ2v) is 4.89. The molecule has 2 heterocycles. The van der Waals surface area contributed by atoms with Gasteiger partial charge in [0.1, 0.15) is 0 Å². The number of carbonyl (C=O) groups excluding carboxylic acids is 1. The van der Waals surface area contributed by atoms with Crippen LogP contribution in [0, 0.1) is 0 Å². The van der Waals surface area contributed by atoms with Gasteiger partial charge < -0.3 is 9.64 Å². The van der Waals surface area contributed by atoms with Crippen molar-refractivity contribution in [1.82, 2.24) is 25.5 Å². The number of tetrazole rings is 1. The first-order valence-corrected chi connectivity index (χ1v) is 6.59. The van der Waals surface area contributed by atoms with Crippen LogP contribution in [0.5, 0.6) is 0 Å². The molecule has 1 aliphatic rings. The third-order valence-corrected chi connectivity index (χ3v) is 3.83. The van der Waals surface area contributed by atoms with E-state index >= 15 is 0 Å². The number of H-pyrrole nitrogens is 1. The van der Waals surface area contributed by atoms with Crippen molar-refractivity contribution in [2.45, 2.75) is 12.5 Å². The predicted octanol–water partition coefficient (Wildman–Crippen LogP) is -0.206. The Bertz CT molecular complexity index is 352. The smallest absolute Gasteiger partial charge is 0.295 e. The minimum absolute atomic E-state index is 0.123. The molecule has 7 nitrogen and oxygen atoms in total. The van der Waals surface area contributed by atoms with Gasteiger partial charge in [0.15, 0.2) is 0 Å². The Morgan fingerprint density at radius 2 is 2.59 bits per heavy atom. The van der Waals surface area contributed by atoms with Gasteiger partial charge in [-0.2, -0.15) is 17.0 Å². The number of aromatic nitrogens is 4. The molecule has 1 fully saturated rings. The molecule has 0 aliphatic carbocycles. The third kappa shape index (κ3) is 2.95. The standard InChI is InChI=1S/C9H15N5O2S/c1-16-4-3-14(7-2-5-17-6-7)9(15)8-10-12-13-11-8/h7H,2-6H2,1H3,(H,10,11,12,13). The van der Waals surface area contributed by atoms with E-state index in [0.29, 0.717) is 13.2 Å². The first-order valence-electron chi connectivity index (χ1n) is 5.44. The fourth-order valence-electron chi connectivity index (χ4n) is 1.79. The molecule has 1 atom stereocenters. The number of carbonyl (C=O) groups is 1. The summed E-state index contributed by atoms with van der Waals surface area (Å²) in [5, 5.41) is 13.2. The number of hydrogen-bond donors (Lipinski definition) is 1. The van der Waals surface area contributed by atoms with E-state index in [9.17, 15) is 4.79 Å². The number of aromatic amines is 1. The van der Waals surface area contributed by atoms with Gasteiger partial charge in [-0.1, -0.05) is 0 Å². The SMILES string of the molecule is COCCN(C(=O)c1nn[nH]n1)C1CCSC1. The highest BCUT2D eigenvalue weighted by atomic mass is 32.2. The Kier molecular flexibility index (Phi) is 4.32. The summed E-state index contributed by atoms with van der Waals surface area (Å²) in [5.41, 5.74) is 0. The zero-order valence-corrected chi connectivity index (χ0v) is 10.4. The summed E-state index contributed by atoms with van der Waals surface area (Å²) in [6, 6.07) is 0.251. The minimum atomic E-state index is -0.177. The largest absolute Gasteiger partial charge is 0.383 e. The normalized spacial score (nSPS) is 19.5. The van der Waals surface area contributed by atoms with Crippen LogP contribution >= 0.6 is 11.8 Å². The number of amides is 1. The van der Waals surface area contributed by atoms with Crippen LogP contribution in [0.1, 0.15) is 17.0 Å². The molecule has 0 bridgehead atoms.